The van der Waals surface area contributed by atoms with E-state index in [1.54, 1.807) is 0 Å². The number of carboxylic acids is 1. The fourth-order valence-electron chi connectivity index (χ4n) is 1.66. The number of nitrogens with one attached hydrogen (secondary N) is 1. The molecule has 0 spiro atoms. The van der Waals surface area contributed by atoms with Gasteiger partial charge in [0.2, 0.25) is 0 Å². The molecule has 7 heteroatoms. The third kappa shape index (κ3) is 3.08. The molecule has 2 rings (SSSR count). The number of benzene rings is 2. The van der Waals surface area contributed by atoms with E-state index in [1.165, 1.54) is 18.2 Å². The van der Waals surface area contributed by atoms with E-state index in [-0.39, 0.29) is 22.5 Å². The number of aromatic carboxylic acids is 1. The van der Waals surface area contributed by atoms with Crippen LogP contribution in [0, 0.1) is 5.82 Å². The molecule has 1 amide bonds. The van der Waals surface area contributed by atoms with Gasteiger partial charge >= 0.3 is 5.97 Å². The lowest BCUT2D eigenvalue weighted by Crippen LogP contribution is -2.13. The van der Waals surface area contributed by atoms with Crippen LogP contribution in [-0.2, 0) is 0 Å². The maximum Gasteiger partial charge on any atom is 0.339 e. The van der Waals surface area contributed by atoms with E-state index < -0.39 is 23.4 Å². The lowest BCUT2D eigenvalue weighted by molar-refractivity contribution is 0.0693. The Bertz CT molecular complexity index is 731. The third-order valence-corrected chi connectivity index (χ3v) is 2.75. The summed E-state index contributed by atoms with van der Waals surface area (Å²) in [4.78, 5) is 22.8. The van der Waals surface area contributed by atoms with Crippen molar-refractivity contribution in [1.82, 2.24) is 0 Å². The van der Waals surface area contributed by atoms with Crippen LogP contribution in [0.1, 0.15) is 20.7 Å². The number of rotatable bonds is 3. The summed E-state index contributed by atoms with van der Waals surface area (Å²) in [7, 11) is 0. The minimum absolute atomic E-state index is 0.0339. The Kier molecular flexibility index (Phi) is 3.75. The first-order chi connectivity index (χ1) is 9.88. The monoisotopic (exact) mass is 290 g/mol. The number of carboxylic acid groups (broad SMARTS) is 1. The molecule has 0 unspecified atom stereocenters. The highest BCUT2D eigenvalue weighted by molar-refractivity contribution is 6.05. The SMILES string of the molecule is Nc1ccc(C(=O)Nc2ccc(O)c(C(=O)O)c2)cc1F. The van der Waals surface area contributed by atoms with E-state index in [9.17, 15) is 19.1 Å². The number of halogens is 1. The van der Waals surface area contributed by atoms with Crippen molar-refractivity contribution in [2.24, 2.45) is 0 Å². The second-order valence-electron chi connectivity index (χ2n) is 4.23. The van der Waals surface area contributed by atoms with E-state index >= 15 is 0 Å². The normalized spacial score (nSPS) is 10.1. The van der Waals surface area contributed by atoms with Gasteiger partial charge in [-0.1, -0.05) is 0 Å². The fourth-order valence-corrected chi connectivity index (χ4v) is 1.66. The van der Waals surface area contributed by atoms with Crippen molar-refractivity contribution >= 4 is 23.3 Å². The van der Waals surface area contributed by atoms with Crippen LogP contribution in [0.3, 0.4) is 0 Å². The summed E-state index contributed by atoms with van der Waals surface area (Å²) in [6.45, 7) is 0. The van der Waals surface area contributed by atoms with Gasteiger partial charge in [-0.2, -0.15) is 0 Å². The summed E-state index contributed by atoms with van der Waals surface area (Å²) in [5.41, 5.74) is 5.08. The molecule has 2 aromatic rings. The number of hydrogen-bond acceptors (Lipinski definition) is 4. The van der Waals surface area contributed by atoms with Crippen LogP contribution in [0.5, 0.6) is 5.75 Å². The van der Waals surface area contributed by atoms with Crippen molar-refractivity contribution < 1.29 is 24.2 Å². The van der Waals surface area contributed by atoms with E-state index in [0.29, 0.717) is 0 Å². The van der Waals surface area contributed by atoms with Gasteiger partial charge in [0.15, 0.2) is 0 Å². The number of hydrogen-bond donors (Lipinski definition) is 4. The summed E-state index contributed by atoms with van der Waals surface area (Å²) in [6, 6.07) is 7.14. The fraction of sp³-hybridized carbons (Fsp3) is 0. The summed E-state index contributed by atoms with van der Waals surface area (Å²) >= 11 is 0. The molecule has 0 aromatic heterocycles. The Morgan fingerprint density at radius 2 is 1.86 bits per heavy atom. The summed E-state index contributed by atoms with van der Waals surface area (Å²) in [6.07, 6.45) is 0. The number of anilines is 2. The molecule has 0 bridgehead atoms. The molecular weight excluding hydrogens is 279 g/mol. The van der Waals surface area contributed by atoms with E-state index in [2.05, 4.69) is 5.32 Å². The standard InChI is InChI=1S/C14H11FN2O4/c15-10-5-7(1-3-11(10)16)13(19)17-8-2-4-12(18)9(6-8)14(20)21/h1-6,18H,16H2,(H,17,19)(H,20,21). The second-order valence-corrected chi connectivity index (χ2v) is 4.23. The number of amides is 1. The summed E-state index contributed by atoms with van der Waals surface area (Å²) < 4.78 is 13.3. The van der Waals surface area contributed by atoms with Gasteiger partial charge in [-0.25, -0.2) is 9.18 Å². The molecule has 0 saturated carbocycles. The van der Waals surface area contributed by atoms with E-state index in [1.807, 2.05) is 0 Å². The smallest absolute Gasteiger partial charge is 0.339 e. The number of aromatic hydroxyl groups is 1. The topological polar surface area (TPSA) is 113 Å². The van der Waals surface area contributed by atoms with Gasteiger partial charge < -0.3 is 21.3 Å². The second kappa shape index (κ2) is 5.49. The zero-order valence-electron chi connectivity index (χ0n) is 10.6. The molecule has 0 fully saturated rings. The van der Waals surface area contributed by atoms with Crippen LogP contribution in [0.4, 0.5) is 15.8 Å². The minimum atomic E-state index is -1.33. The molecule has 0 aliphatic heterocycles. The number of carbonyl (C=O) groups is 2. The molecule has 5 N–H and O–H groups in total. The predicted molar refractivity (Wildman–Crippen MR) is 73.8 cm³/mol. The molecule has 0 heterocycles. The van der Waals surface area contributed by atoms with Crippen LogP contribution in [0.15, 0.2) is 36.4 Å². The first-order valence-corrected chi connectivity index (χ1v) is 5.81. The van der Waals surface area contributed by atoms with Crippen molar-refractivity contribution in [1.29, 1.82) is 0 Å². The van der Waals surface area contributed by atoms with Crippen molar-refractivity contribution in [3.8, 4) is 5.75 Å². The molecule has 2 aromatic carbocycles. The highest BCUT2D eigenvalue weighted by Gasteiger charge is 2.13. The lowest BCUT2D eigenvalue weighted by atomic mass is 10.1. The quantitative estimate of drug-likeness (QED) is 0.510. The van der Waals surface area contributed by atoms with Crippen molar-refractivity contribution in [3.63, 3.8) is 0 Å². The van der Waals surface area contributed by atoms with Gasteiger partial charge in [0.05, 0.1) is 5.69 Å². The molecule has 0 aliphatic carbocycles. The molecule has 0 aliphatic rings. The summed E-state index contributed by atoms with van der Waals surface area (Å²) in [5, 5.41) is 20.6. The van der Waals surface area contributed by atoms with Gasteiger partial charge in [0.25, 0.3) is 5.91 Å². The largest absolute Gasteiger partial charge is 0.507 e. The number of phenols is 1. The Hall–Kier alpha value is -3.09. The zero-order chi connectivity index (χ0) is 15.6. The molecule has 0 atom stereocenters. The molecule has 6 nitrogen and oxygen atoms in total. The maximum atomic E-state index is 13.3. The average Bonchev–Trinajstić information content (AvgIpc) is 2.43. The van der Waals surface area contributed by atoms with Crippen LogP contribution in [0.2, 0.25) is 0 Å². The zero-order valence-corrected chi connectivity index (χ0v) is 10.6. The molecular formula is C14H11FN2O4. The van der Waals surface area contributed by atoms with Gasteiger partial charge in [-0.15, -0.1) is 0 Å². The molecule has 108 valence electrons. The van der Waals surface area contributed by atoms with E-state index in [4.69, 9.17) is 10.8 Å². The molecule has 0 saturated heterocycles. The highest BCUT2D eigenvalue weighted by Crippen LogP contribution is 2.22. The third-order valence-electron chi connectivity index (χ3n) is 2.75. The average molecular weight is 290 g/mol. The van der Waals surface area contributed by atoms with Crippen molar-refractivity contribution in [3.05, 3.63) is 53.3 Å². The maximum absolute atomic E-state index is 13.3. The van der Waals surface area contributed by atoms with E-state index in [0.717, 1.165) is 18.2 Å². The van der Waals surface area contributed by atoms with Gasteiger partial charge in [-0.05, 0) is 36.4 Å². The van der Waals surface area contributed by atoms with Crippen LogP contribution in [-0.4, -0.2) is 22.1 Å². The van der Waals surface area contributed by atoms with Crippen LogP contribution >= 0.6 is 0 Å². The predicted octanol–water partition coefficient (Wildman–Crippen LogP) is 2.06. The van der Waals surface area contributed by atoms with Gasteiger partial charge in [-0.3, -0.25) is 4.79 Å². The van der Waals surface area contributed by atoms with Gasteiger partial charge in [0, 0.05) is 11.3 Å². The molecule has 0 radical (unpaired) electrons. The first kappa shape index (κ1) is 14.3. The van der Waals surface area contributed by atoms with Crippen LogP contribution < -0.4 is 11.1 Å². The number of carbonyl (C=O) groups excluding carboxylic acids is 1. The highest BCUT2D eigenvalue weighted by atomic mass is 19.1. The Balaban J connectivity index is 2.25. The number of nitrogen functional groups attached to an aromatic ring is 1. The van der Waals surface area contributed by atoms with Crippen molar-refractivity contribution in [2.75, 3.05) is 11.1 Å². The Morgan fingerprint density at radius 1 is 1.14 bits per heavy atom. The minimum Gasteiger partial charge on any atom is -0.507 e. The number of nitrogens with two attached hydrogens (primary N) is 1. The first-order valence-electron chi connectivity index (χ1n) is 5.81. The van der Waals surface area contributed by atoms with Crippen molar-refractivity contribution in [2.45, 2.75) is 0 Å². The van der Waals surface area contributed by atoms with Crippen LogP contribution in [0.25, 0.3) is 0 Å². The molecule has 21 heavy (non-hydrogen) atoms. The lowest BCUT2D eigenvalue weighted by Gasteiger charge is -2.08. The Labute approximate surface area is 118 Å². The van der Waals surface area contributed by atoms with Gasteiger partial charge in [0.1, 0.15) is 17.1 Å². The summed E-state index contributed by atoms with van der Waals surface area (Å²) in [5.74, 6) is -3.10. The Morgan fingerprint density at radius 3 is 2.48 bits per heavy atom.